The van der Waals surface area contributed by atoms with Crippen LogP contribution in [0, 0.1) is 5.92 Å². The van der Waals surface area contributed by atoms with Crippen molar-refractivity contribution in [2.75, 3.05) is 33.9 Å². The van der Waals surface area contributed by atoms with Gasteiger partial charge in [-0.1, -0.05) is 18.2 Å². The van der Waals surface area contributed by atoms with Crippen LogP contribution in [0.3, 0.4) is 0 Å². The van der Waals surface area contributed by atoms with E-state index in [-0.39, 0.29) is 12.0 Å². The molecule has 1 atom stereocenters. The van der Waals surface area contributed by atoms with Gasteiger partial charge in [0.05, 0.1) is 32.8 Å². The van der Waals surface area contributed by atoms with E-state index in [2.05, 4.69) is 17.0 Å². The summed E-state index contributed by atoms with van der Waals surface area (Å²) in [7, 11) is 3.29. The Balaban J connectivity index is 1.99. The topological polar surface area (TPSA) is 68.2 Å². The van der Waals surface area contributed by atoms with Gasteiger partial charge in [-0.25, -0.2) is 0 Å². The summed E-state index contributed by atoms with van der Waals surface area (Å²) in [5.41, 5.74) is 2.18. The number of nitrogens with zero attached hydrogens (tertiary/aromatic N) is 1. The number of carbonyl (C=O) groups is 1. The van der Waals surface area contributed by atoms with E-state index in [9.17, 15) is 9.90 Å². The smallest absolute Gasteiger partial charge is 0.306 e. The van der Waals surface area contributed by atoms with Gasteiger partial charge in [-0.05, 0) is 68.2 Å². The van der Waals surface area contributed by atoms with Gasteiger partial charge >= 0.3 is 5.97 Å². The lowest BCUT2D eigenvalue weighted by Crippen LogP contribution is -2.39. The minimum absolute atomic E-state index is 0.0232. The molecule has 0 aromatic heterocycles. The maximum Gasteiger partial charge on any atom is 0.306 e. The Morgan fingerprint density at radius 3 is 2.41 bits per heavy atom. The fourth-order valence-electron chi connectivity index (χ4n) is 3.96. The Labute approximate surface area is 172 Å². The summed E-state index contributed by atoms with van der Waals surface area (Å²) in [4.78, 5) is 13.7. The largest absolute Gasteiger partial charge is 0.497 e. The highest BCUT2D eigenvalue weighted by Crippen LogP contribution is 2.38. The minimum atomic E-state index is -0.703. The molecule has 2 aromatic rings. The van der Waals surface area contributed by atoms with E-state index in [1.807, 2.05) is 37.3 Å². The predicted octanol–water partition coefficient (Wildman–Crippen LogP) is 3.99. The van der Waals surface area contributed by atoms with Crippen molar-refractivity contribution < 1.29 is 24.1 Å². The van der Waals surface area contributed by atoms with E-state index in [0.717, 1.165) is 30.0 Å². The van der Waals surface area contributed by atoms with E-state index in [1.165, 1.54) is 0 Å². The molecule has 6 heteroatoms. The highest BCUT2D eigenvalue weighted by atomic mass is 16.5. The number of carboxylic acids is 1. The average Bonchev–Trinajstić information content (AvgIpc) is 2.75. The third kappa shape index (κ3) is 4.82. The van der Waals surface area contributed by atoms with Crippen molar-refractivity contribution >= 4 is 5.97 Å². The van der Waals surface area contributed by atoms with E-state index < -0.39 is 5.97 Å². The normalized spacial score (nSPS) is 16.2. The van der Waals surface area contributed by atoms with Crippen LogP contribution in [0.2, 0.25) is 0 Å². The molecule has 6 nitrogen and oxygen atoms in total. The van der Waals surface area contributed by atoms with Gasteiger partial charge < -0.3 is 19.3 Å². The van der Waals surface area contributed by atoms with Crippen molar-refractivity contribution in [1.29, 1.82) is 0 Å². The Morgan fingerprint density at radius 1 is 1.07 bits per heavy atom. The Morgan fingerprint density at radius 2 is 1.79 bits per heavy atom. The SMILES string of the molecule is CCOc1cc(C(c2cccc(OC)c2)N2CCC(C(=O)O)CC2)ccc1OC. The first-order valence-corrected chi connectivity index (χ1v) is 9.98. The van der Waals surface area contributed by atoms with Crippen molar-refractivity contribution in [2.24, 2.45) is 5.92 Å². The second kappa shape index (κ2) is 9.65. The number of ether oxygens (including phenoxy) is 3. The molecule has 0 radical (unpaired) electrons. The zero-order valence-electron chi connectivity index (χ0n) is 17.3. The van der Waals surface area contributed by atoms with Crippen LogP contribution in [0.4, 0.5) is 0 Å². The molecule has 1 heterocycles. The van der Waals surface area contributed by atoms with Gasteiger partial charge in [0.2, 0.25) is 0 Å². The molecule has 1 saturated heterocycles. The van der Waals surface area contributed by atoms with E-state index in [1.54, 1.807) is 14.2 Å². The lowest BCUT2D eigenvalue weighted by atomic mass is 9.91. The van der Waals surface area contributed by atoms with Gasteiger partial charge in [-0.3, -0.25) is 9.69 Å². The maximum atomic E-state index is 11.4. The quantitative estimate of drug-likeness (QED) is 0.724. The van der Waals surface area contributed by atoms with Crippen LogP contribution in [0.25, 0.3) is 0 Å². The molecule has 156 valence electrons. The third-order valence-electron chi connectivity index (χ3n) is 5.46. The van der Waals surface area contributed by atoms with Gasteiger partial charge in [0.15, 0.2) is 11.5 Å². The zero-order valence-corrected chi connectivity index (χ0v) is 17.3. The Bertz CT molecular complexity index is 830. The molecule has 1 aliphatic rings. The fraction of sp³-hybridized carbons (Fsp3) is 0.435. The molecule has 2 aromatic carbocycles. The van der Waals surface area contributed by atoms with Crippen LogP contribution >= 0.6 is 0 Å². The van der Waals surface area contributed by atoms with Gasteiger partial charge in [-0.15, -0.1) is 0 Å². The number of likely N-dealkylation sites (tertiary alicyclic amines) is 1. The molecule has 29 heavy (non-hydrogen) atoms. The summed E-state index contributed by atoms with van der Waals surface area (Å²) in [6.07, 6.45) is 1.29. The maximum absolute atomic E-state index is 11.4. The molecule has 0 aliphatic carbocycles. The van der Waals surface area contributed by atoms with Gasteiger partial charge in [0, 0.05) is 0 Å². The summed E-state index contributed by atoms with van der Waals surface area (Å²) < 4.78 is 16.7. The second-order valence-corrected chi connectivity index (χ2v) is 7.17. The molecule has 1 aliphatic heterocycles. The summed E-state index contributed by atoms with van der Waals surface area (Å²) >= 11 is 0. The number of aliphatic carboxylic acids is 1. The molecular weight excluding hydrogens is 370 g/mol. The number of benzene rings is 2. The number of methoxy groups -OCH3 is 2. The molecule has 3 rings (SSSR count). The zero-order chi connectivity index (χ0) is 20.8. The van der Waals surface area contributed by atoms with Crippen molar-refractivity contribution in [3.05, 3.63) is 53.6 Å². The molecule has 1 unspecified atom stereocenters. The van der Waals surface area contributed by atoms with Crippen molar-refractivity contribution in [2.45, 2.75) is 25.8 Å². The highest BCUT2D eigenvalue weighted by Gasteiger charge is 2.30. The van der Waals surface area contributed by atoms with Gasteiger partial charge in [0.25, 0.3) is 0 Å². The molecular formula is C23H29NO5. The fourth-order valence-corrected chi connectivity index (χ4v) is 3.96. The molecule has 0 saturated carbocycles. The number of rotatable bonds is 8. The lowest BCUT2D eigenvalue weighted by molar-refractivity contribution is -0.143. The molecule has 0 spiro atoms. The van der Waals surface area contributed by atoms with Crippen LogP contribution in [-0.2, 0) is 4.79 Å². The number of hydrogen-bond donors (Lipinski definition) is 1. The van der Waals surface area contributed by atoms with Crippen molar-refractivity contribution in [3.8, 4) is 17.2 Å². The van der Waals surface area contributed by atoms with Crippen LogP contribution < -0.4 is 14.2 Å². The highest BCUT2D eigenvalue weighted by molar-refractivity contribution is 5.70. The summed E-state index contributed by atoms with van der Waals surface area (Å²) in [6.45, 7) is 3.93. The molecule has 1 fully saturated rings. The van der Waals surface area contributed by atoms with E-state index >= 15 is 0 Å². The van der Waals surface area contributed by atoms with E-state index in [0.29, 0.717) is 30.9 Å². The lowest BCUT2D eigenvalue weighted by Gasteiger charge is -2.37. The minimum Gasteiger partial charge on any atom is -0.497 e. The monoisotopic (exact) mass is 399 g/mol. The first-order chi connectivity index (χ1) is 14.1. The standard InChI is InChI=1S/C23H29NO5/c1-4-29-21-15-18(8-9-20(21)28-3)22(17-6-5-7-19(14-17)27-2)24-12-10-16(11-13-24)23(25)26/h5-9,14-16,22H,4,10-13H2,1-3H3,(H,25,26). The Hall–Kier alpha value is -2.73. The first-order valence-electron chi connectivity index (χ1n) is 9.98. The predicted molar refractivity (Wildman–Crippen MR) is 111 cm³/mol. The van der Waals surface area contributed by atoms with Crippen LogP contribution in [-0.4, -0.2) is 49.9 Å². The van der Waals surface area contributed by atoms with Crippen molar-refractivity contribution in [1.82, 2.24) is 4.90 Å². The van der Waals surface area contributed by atoms with Gasteiger partial charge in [-0.2, -0.15) is 0 Å². The number of hydrogen-bond acceptors (Lipinski definition) is 5. The summed E-state index contributed by atoms with van der Waals surface area (Å²) in [6, 6.07) is 14.0. The van der Waals surface area contributed by atoms with Crippen LogP contribution in [0.15, 0.2) is 42.5 Å². The molecule has 0 bridgehead atoms. The second-order valence-electron chi connectivity index (χ2n) is 7.17. The van der Waals surface area contributed by atoms with Crippen LogP contribution in [0.5, 0.6) is 17.2 Å². The van der Waals surface area contributed by atoms with Gasteiger partial charge in [0.1, 0.15) is 5.75 Å². The summed E-state index contributed by atoms with van der Waals surface area (Å²) in [5.74, 6) is 1.23. The first kappa shape index (κ1) is 21.0. The molecule has 1 N–H and O–H groups in total. The number of carboxylic acid groups (broad SMARTS) is 1. The Kier molecular flexibility index (Phi) is 6.99. The van der Waals surface area contributed by atoms with Crippen LogP contribution in [0.1, 0.15) is 36.9 Å². The number of piperidine rings is 1. The molecule has 0 amide bonds. The van der Waals surface area contributed by atoms with Crippen molar-refractivity contribution in [3.63, 3.8) is 0 Å². The average molecular weight is 399 g/mol. The van der Waals surface area contributed by atoms with E-state index in [4.69, 9.17) is 14.2 Å². The summed E-state index contributed by atoms with van der Waals surface area (Å²) in [5, 5.41) is 9.35. The third-order valence-corrected chi connectivity index (χ3v) is 5.46.